The van der Waals surface area contributed by atoms with E-state index in [2.05, 4.69) is 16.5 Å². The maximum absolute atomic E-state index is 9.16. The summed E-state index contributed by atoms with van der Waals surface area (Å²) >= 11 is 0. The molecular weight excluding hydrogens is 248 g/mol. The van der Waals surface area contributed by atoms with Crippen molar-refractivity contribution in [1.82, 2.24) is 9.78 Å². The summed E-state index contributed by atoms with van der Waals surface area (Å²) in [4.78, 5) is 0. The highest BCUT2D eigenvalue weighted by molar-refractivity contribution is 5.97. The Hall–Kier alpha value is -2.80. The molecule has 3 rings (SSSR count). The second kappa shape index (κ2) is 5.06. The third kappa shape index (κ3) is 2.21. The average Bonchev–Trinajstić information content (AvgIpc) is 2.90. The van der Waals surface area contributed by atoms with Gasteiger partial charge in [-0.15, -0.1) is 0 Å². The van der Waals surface area contributed by atoms with Crippen LogP contribution in [-0.4, -0.2) is 9.78 Å². The highest BCUT2D eigenvalue weighted by Gasteiger charge is 2.05. The lowest BCUT2D eigenvalue weighted by Crippen LogP contribution is -1.99. The summed E-state index contributed by atoms with van der Waals surface area (Å²) in [7, 11) is 1.90. The zero-order valence-electron chi connectivity index (χ0n) is 11.2. The van der Waals surface area contributed by atoms with E-state index in [1.165, 1.54) is 0 Å². The summed E-state index contributed by atoms with van der Waals surface area (Å²) in [5, 5.41) is 18.8. The number of benzene rings is 2. The van der Waals surface area contributed by atoms with Crippen LogP contribution in [0, 0.1) is 11.3 Å². The van der Waals surface area contributed by atoms with E-state index in [9.17, 15) is 0 Å². The van der Waals surface area contributed by atoms with E-state index in [1.54, 1.807) is 4.68 Å². The fraction of sp³-hybridized carbons (Fsp3) is 0.125. The minimum atomic E-state index is 0.701. The van der Waals surface area contributed by atoms with Crippen LogP contribution in [0.15, 0.2) is 48.8 Å². The van der Waals surface area contributed by atoms with Gasteiger partial charge in [-0.25, -0.2) is 0 Å². The summed E-state index contributed by atoms with van der Waals surface area (Å²) < 4.78 is 1.79. The first-order valence-electron chi connectivity index (χ1n) is 6.41. The molecule has 0 aliphatic carbocycles. The van der Waals surface area contributed by atoms with Crippen molar-refractivity contribution in [1.29, 1.82) is 5.26 Å². The van der Waals surface area contributed by atoms with Crippen LogP contribution in [0.25, 0.3) is 10.8 Å². The van der Waals surface area contributed by atoms with E-state index in [4.69, 9.17) is 5.26 Å². The second-order valence-corrected chi connectivity index (χ2v) is 4.69. The van der Waals surface area contributed by atoms with Gasteiger partial charge in [0.1, 0.15) is 0 Å². The Morgan fingerprint density at radius 1 is 1.20 bits per heavy atom. The predicted molar refractivity (Wildman–Crippen MR) is 79.2 cm³/mol. The molecule has 3 aromatic rings. The number of fused-ring (bicyclic) bond motifs is 1. The molecule has 0 atom stereocenters. The van der Waals surface area contributed by atoms with Gasteiger partial charge >= 0.3 is 0 Å². The van der Waals surface area contributed by atoms with Crippen LogP contribution < -0.4 is 5.32 Å². The van der Waals surface area contributed by atoms with Crippen molar-refractivity contribution in [2.75, 3.05) is 5.32 Å². The van der Waals surface area contributed by atoms with Crippen molar-refractivity contribution in [3.8, 4) is 6.07 Å². The van der Waals surface area contributed by atoms with E-state index < -0.39 is 0 Å². The molecule has 1 N–H and O–H groups in total. The number of nitrogens with zero attached hydrogens (tertiary/aromatic N) is 3. The molecule has 0 unspecified atom stereocenters. The molecule has 2 aromatic carbocycles. The first-order valence-corrected chi connectivity index (χ1v) is 6.41. The van der Waals surface area contributed by atoms with E-state index in [-0.39, 0.29) is 0 Å². The Morgan fingerprint density at radius 3 is 2.70 bits per heavy atom. The first kappa shape index (κ1) is 12.2. The summed E-state index contributed by atoms with van der Waals surface area (Å²) in [6, 6.07) is 14.0. The number of aryl methyl sites for hydroxylation is 1. The number of hydrogen-bond donors (Lipinski definition) is 1. The van der Waals surface area contributed by atoms with Gasteiger partial charge in [0.25, 0.3) is 0 Å². The summed E-state index contributed by atoms with van der Waals surface area (Å²) in [6.45, 7) is 0.712. The van der Waals surface area contributed by atoms with Crippen molar-refractivity contribution in [2.45, 2.75) is 6.54 Å². The topological polar surface area (TPSA) is 53.6 Å². The molecule has 0 fully saturated rings. The van der Waals surface area contributed by atoms with Crippen molar-refractivity contribution in [2.24, 2.45) is 7.05 Å². The summed E-state index contributed by atoms with van der Waals surface area (Å²) in [5.74, 6) is 0. The molecule has 4 nitrogen and oxygen atoms in total. The Labute approximate surface area is 117 Å². The van der Waals surface area contributed by atoms with Crippen LogP contribution in [0.3, 0.4) is 0 Å². The number of aromatic nitrogens is 2. The molecule has 0 amide bonds. The van der Waals surface area contributed by atoms with Gasteiger partial charge < -0.3 is 5.32 Å². The molecule has 0 bridgehead atoms. The lowest BCUT2D eigenvalue weighted by molar-refractivity contribution is 0.767. The first-order chi connectivity index (χ1) is 9.78. The van der Waals surface area contributed by atoms with Gasteiger partial charge in [-0.05, 0) is 12.1 Å². The Balaban J connectivity index is 1.94. The molecule has 0 saturated heterocycles. The zero-order chi connectivity index (χ0) is 13.9. The lowest BCUT2D eigenvalue weighted by atomic mass is 10.0. The largest absolute Gasteiger partial charge is 0.380 e. The van der Waals surface area contributed by atoms with Gasteiger partial charge in [0.2, 0.25) is 0 Å². The second-order valence-electron chi connectivity index (χ2n) is 4.69. The Kier molecular flexibility index (Phi) is 3.10. The van der Waals surface area contributed by atoms with Gasteiger partial charge in [0, 0.05) is 41.8 Å². The van der Waals surface area contributed by atoms with Crippen molar-refractivity contribution in [3.05, 3.63) is 59.9 Å². The quantitative estimate of drug-likeness (QED) is 0.789. The standard InChI is InChI=1S/C16H14N4/c1-20-11-12(10-19-20)9-18-16-7-6-13(8-17)14-4-2-3-5-15(14)16/h2-7,10-11,18H,9H2,1H3. The number of hydrogen-bond acceptors (Lipinski definition) is 3. The van der Waals surface area contributed by atoms with Gasteiger partial charge in [0.05, 0.1) is 17.8 Å². The molecule has 1 heterocycles. The normalized spacial score (nSPS) is 10.4. The molecule has 0 aliphatic heterocycles. The van der Waals surface area contributed by atoms with Crippen LogP contribution in [0.2, 0.25) is 0 Å². The van der Waals surface area contributed by atoms with Crippen LogP contribution in [0.1, 0.15) is 11.1 Å². The molecule has 0 radical (unpaired) electrons. The number of rotatable bonds is 3. The Morgan fingerprint density at radius 2 is 2.00 bits per heavy atom. The fourth-order valence-electron chi connectivity index (χ4n) is 2.31. The number of nitriles is 1. The van der Waals surface area contributed by atoms with E-state index in [1.807, 2.05) is 55.8 Å². The number of anilines is 1. The van der Waals surface area contributed by atoms with E-state index in [0.29, 0.717) is 12.1 Å². The van der Waals surface area contributed by atoms with Crippen LogP contribution in [0.4, 0.5) is 5.69 Å². The molecule has 20 heavy (non-hydrogen) atoms. The SMILES string of the molecule is Cn1cc(CNc2ccc(C#N)c3ccccc23)cn1. The zero-order valence-corrected chi connectivity index (χ0v) is 11.2. The maximum atomic E-state index is 9.16. The summed E-state index contributed by atoms with van der Waals surface area (Å²) in [6.07, 6.45) is 3.83. The van der Waals surface area contributed by atoms with Gasteiger partial charge in [-0.2, -0.15) is 10.4 Å². The van der Waals surface area contributed by atoms with E-state index in [0.717, 1.165) is 22.0 Å². The maximum Gasteiger partial charge on any atom is 0.0998 e. The van der Waals surface area contributed by atoms with Crippen LogP contribution in [0.5, 0.6) is 0 Å². The fourth-order valence-corrected chi connectivity index (χ4v) is 2.31. The predicted octanol–water partition coefficient (Wildman–Crippen LogP) is 3.06. The third-order valence-corrected chi connectivity index (χ3v) is 3.29. The molecular formula is C16H14N4. The van der Waals surface area contributed by atoms with Gasteiger partial charge in [-0.1, -0.05) is 24.3 Å². The highest BCUT2D eigenvalue weighted by Crippen LogP contribution is 2.26. The highest BCUT2D eigenvalue weighted by atomic mass is 15.2. The lowest BCUT2D eigenvalue weighted by Gasteiger charge is -2.09. The monoisotopic (exact) mass is 262 g/mol. The van der Waals surface area contributed by atoms with Gasteiger partial charge in [-0.3, -0.25) is 4.68 Å². The van der Waals surface area contributed by atoms with Crippen molar-refractivity contribution < 1.29 is 0 Å². The molecule has 0 saturated carbocycles. The van der Waals surface area contributed by atoms with Crippen molar-refractivity contribution >= 4 is 16.5 Å². The van der Waals surface area contributed by atoms with Crippen molar-refractivity contribution in [3.63, 3.8) is 0 Å². The molecule has 98 valence electrons. The summed E-state index contributed by atoms with van der Waals surface area (Å²) in [5.41, 5.74) is 2.86. The van der Waals surface area contributed by atoms with Crippen LogP contribution >= 0.6 is 0 Å². The minimum absolute atomic E-state index is 0.701. The van der Waals surface area contributed by atoms with E-state index >= 15 is 0 Å². The van der Waals surface area contributed by atoms with Crippen LogP contribution in [-0.2, 0) is 13.6 Å². The average molecular weight is 262 g/mol. The smallest absolute Gasteiger partial charge is 0.0998 e. The Bertz CT molecular complexity index is 796. The van der Waals surface area contributed by atoms with Gasteiger partial charge in [0.15, 0.2) is 0 Å². The molecule has 1 aromatic heterocycles. The molecule has 0 spiro atoms. The molecule has 4 heteroatoms. The molecule has 0 aliphatic rings. The number of nitrogens with one attached hydrogen (secondary N) is 1. The third-order valence-electron chi connectivity index (χ3n) is 3.29. The minimum Gasteiger partial charge on any atom is -0.380 e.